The van der Waals surface area contributed by atoms with Gasteiger partial charge in [0.15, 0.2) is 5.78 Å². The number of carbonyl (C=O) groups is 1. The van der Waals surface area contributed by atoms with Gasteiger partial charge >= 0.3 is 5.69 Å². The van der Waals surface area contributed by atoms with Crippen LogP contribution in [0.15, 0.2) is 12.1 Å². The summed E-state index contributed by atoms with van der Waals surface area (Å²) in [5.74, 6) is -0.905. The summed E-state index contributed by atoms with van der Waals surface area (Å²) in [6, 6.07) is 2.41. The first kappa shape index (κ1) is 12.7. The Bertz CT molecular complexity index is 447. The largest absolute Gasteiger partial charge is 0.490 e. The molecule has 0 spiro atoms. The average Bonchev–Trinajstić information content (AvgIpc) is 2.26. The van der Waals surface area contributed by atoms with E-state index in [1.165, 1.54) is 13.2 Å². The quantitative estimate of drug-likeness (QED) is 0.363. The fourth-order valence-electron chi connectivity index (χ4n) is 1.21. The highest BCUT2D eigenvalue weighted by Crippen LogP contribution is 2.34. The van der Waals surface area contributed by atoms with Crippen LogP contribution >= 0.6 is 23.2 Å². The van der Waals surface area contributed by atoms with Crippen molar-refractivity contribution in [2.24, 2.45) is 0 Å². The first-order valence-electron chi connectivity index (χ1n) is 4.12. The van der Waals surface area contributed by atoms with Gasteiger partial charge in [0, 0.05) is 11.1 Å². The fraction of sp³-hybridized carbons (Fsp3) is 0.222. The maximum absolute atomic E-state index is 11.4. The van der Waals surface area contributed by atoms with Gasteiger partial charge in [-0.15, -0.1) is 11.6 Å². The number of hydrogen-bond donors (Lipinski definition) is 0. The summed E-state index contributed by atoms with van der Waals surface area (Å²) < 4.78 is 4.84. The number of methoxy groups -OCH3 is 1. The van der Waals surface area contributed by atoms with E-state index in [9.17, 15) is 14.9 Å². The molecule has 7 heteroatoms. The molecule has 1 rings (SSSR count). The molecule has 0 bridgehead atoms. The smallest absolute Gasteiger partial charge is 0.313 e. The summed E-state index contributed by atoms with van der Waals surface area (Å²) in [6.45, 7) is 0. The van der Waals surface area contributed by atoms with Crippen LogP contribution in [0.4, 0.5) is 5.69 Å². The van der Waals surface area contributed by atoms with E-state index in [0.717, 1.165) is 6.07 Å². The SMILES string of the molecule is COc1c(C(=O)CCl)cc(Cl)cc1[N+](=O)[O-]. The first-order chi connectivity index (χ1) is 7.51. The van der Waals surface area contributed by atoms with Crippen LogP contribution in [0.1, 0.15) is 10.4 Å². The minimum atomic E-state index is -0.671. The van der Waals surface area contributed by atoms with Gasteiger partial charge in [0.05, 0.1) is 23.5 Å². The molecule has 5 nitrogen and oxygen atoms in total. The zero-order chi connectivity index (χ0) is 12.3. The molecule has 0 radical (unpaired) electrons. The van der Waals surface area contributed by atoms with E-state index >= 15 is 0 Å². The van der Waals surface area contributed by atoms with Crippen molar-refractivity contribution in [2.75, 3.05) is 13.0 Å². The lowest BCUT2D eigenvalue weighted by Crippen LogP contribution is -2.05. The summed E-state index contributed by atoms with van der Waals surface area (Å²) >= 11 is 11.1. The molecular formula is C9H7Cl2NO4. The van der Waals surface area contributed by atoms with Gasteiger partial charge in [-0.05, 0) is 6.07 Å². The third-order valence-electron chi connectivity index (χ3n) is 1.86. The minimum absolute atomic E-state index is 0.0108. The van der Waals surface area contributed by atoms with Crippen LogP contribution in [-0.4, -0.2) is 23.7 Å². The molecule has 0 atom stereocenters. The lowest BCUT2D eigenvalue weighted by atomic mass is 10.1. The van der Waals surface area contributed by atoms with Gasteiger partial charge in [-0.1, -0.05) is 11.6 Å². The van der Waals surface area contributed by atoms with Crippen molar-refractivity contribution >= 4 is 34.7 Å². The van der Waals surface area contributed by atoms with Gasteiger partial charge in [0.2, 0.25) is 5.75 Å². The van der Waals surface area contributed by atoms with E-state index in [-0.39, 0.29) is 27.9 Å². The Hall–Kier alpha value is -1.33. The van der Waals surface area contributed by atoms with Gasteiger partial charge in [-0.2, -0.15) is 0 Å². The van der Waals surface area contributed by atoms with Gasteiger partial charge in [-0.3, -0.25) is 14.9 Å². The number of ketones is 1. The molecule has 1 aromatic carbocycles. The molecule has 0 aliphatic rings. The normalized spacial score (nSPS) is 9.94. The lowest BCUT2D eigenvalue weighted by Gasteiger charge is -2.07. The van der Waals surface area contributed by atoms with E-state index in [1.807, 2.05) is 0 Å². The van der Waals surface area contributed by atoms with E-state index in [0.29, 0.717) is 0 Å². The topological polar surface area (TPSA) is 69.4 Å². The Morgan fingerprint density at radius 3 is 2.62 bits per heavy atom. The molecule has 86 valence electrons. The number of nitro groups is 1. The van der Waals surface area contributed by atoms with Crippen molar-refractivity contribution in [2.45, 2.75) is 0 Å². The van der Waals surface area contributed by atoms with Crippen molar-refractivity contribution in [1.82, 2.24) is 0 Å². The van der Waals surface area contributed by atoms with E-state index in [2.05, 4.69) is 0 Å². The molecule has 0 aliphatic heterocycles. The zero-order valence-corrected chi connectivity index (χ0v) is 9.71. The average molecular weight is 264 g/mol. The van der Waals surface area contributed by atoms with Crippen LogP contribution in [0.5, 0.6) is 5.75 Å². The molecule has 0 saturated carbocycles. The molecule has 0 aliphatic carbocycles. The number of carbonyl (C=O) groups excluding carboxylic acids is 1. The van der Waals surface area contributed by atoms with Crippen LogP contribution in [-0.2, 0) is 0 Å². The molecular weight excluding hydrogens is 257 g/mol. The van der Waals surface area contributed by atoms with E-state index in [4.69, 9.17) is 27.9 Å². The number of nitrogens with zero attached hydrogens (tertiary/aromatic N) is 1. The fourth-order valence-corrected chi connectivity index (χ4v) is 1.56. The molecule has 0 fully saturated rings. The van der Waals surface area contributed by atoms with Crippen LogP contribution in [0.2, 0.25) is 5.02 Å². The number of nitro benzene ring substituents is 1. The summed E-state index contributed by atoms with van der Waals surface area (Å²) in [4.78, 5) is 21.5. The summed E-state index contributed by atoms with van der Waals surface area (Å²) in [7, 11) is 1.24. The molecule has 16 heavy (non-hydrogen) atoms. The van der Waals surface area contributed by atoms with Crippen molar-refractivity contribution in [3.8, 4) is 5.75 Å². The molecule has 0 saturated heterocycles. The summed E-state index contributed by atoms with van der Waals surface area (Å²) in [5.41, 5.74) is -0.347. The maximum Gasteiger partial charge on any atom is 0.313 e. The number of alkyl halides is 1. The molecule has 0 N–H and O–H groups in total. The van der Waals surface area contributed by atoms with Gasteiger partial charge in [0.1, 0.15) is 0 Å². The second-order valence-electron chi connectivity index (χ2n) is 2.82. The second kappa shape index (κ2) is 5.14. The molecule has 1 aromatic rings. The Morgan fingerprint density at radius 1 is 1.56 bits per heavy atom. The van der Waals surface area contributed by atoms with Crippen LogP contribution in [0.3, 0.4) is 0 Å². The van der Waals surface area contributed by atoms with E-state index in [1.54, 1.807) is 0 Å². The summed E-state index contributed by atoms with van der Waals surface area (Å²) in [5, 5.41) is 10.8. The third-order valence-corrected chi connectivity index (χ3v) is 2.32. The lowest BCUT2D eigenvalue weighted by molar-refractivity contribution is -0.385. The Kier molecular flexibility index (Phi) is 4.09. The molecule has 0 unspecified atom stereocenters. The van der Waals surface area contributed by atoms with Crippen molar-refractivity contribution in [3.05, 3.63) is 32.8 Å². The number of Topliss-reactive ketones (excluding diaryl/α,β-unsaturated/α-hetero) is 1. The number of rotatable bonds is 4. The predicted octanol–water partition coefficient (Wildman–Crippen LogP) is 2.68. The highest BCUT2D eigenvalue weighted by molar-refractivity contribution is 6.33. The van der Waals surface area contributed by atoms with Crippen LogP contribution in [0, 0.1) is 10.1 Å². The van der Waals surface area contributed by atoms with Crippen molar-refractivity contribution in [1.29, 1.82) is 0 Å². The number of halogens is 2. The minimum Gasteiger partial charge on any atom is -0.490 e. The highest BCUT2D eigenvalue weighted by atomic mass is 35.5. The maximum atomic E-state index is 11.4. The summed E-state index contributed by atoms with van der Waals surface area (Å²) in [6.07, 6.45) is 0. The highest BCUT2D eigenvalue weighted by Gasteiger charge is 2.23. The zero-order valence-electron chi connectivity index (χ0n) is 8.20. The van der Waals surface area contributed by atoms with Crippen LogP contribution in [0.25, 0.3) is 0 Å². The number of hydrogen-bond acceptors (Lipinski definition) is 4. The van der Waals surface area contributed by atoms with Gasteiger partial charge in [0.25, 0.3) is 0 Å². The monoisotopic (exact) mass is 263 g/mol. The van der Waals surface area contributed by atoms with Gasteiger partial charge in [-0.25, -0.2) is 0 Å². The second-order valence-corrected chi connectivity index (χ2v) is 3.52. The van der Waals surface area contributed by atoms with Crippen LogP contribution < -0.4 is 4.74 Å². The Balaban J connectivity index is 3.48. The number of benzene rings is 1. The Morgan fingerprint density at radius 2 is 2.19 bits per heavy atom. The standard InChI is InChI=1S/C9H7Cl2NO4/c1-16-9-6(8(13)4-10)2-5(11)3-7(9)12(14)15/h2-3H,4H2,1H3. The van der Waals surface area contributed by atoms with Crippen molar-refractivity contribution < 1.29 is 14.5 Å². The molecule has 0 amide bonds. The molecule has 0 aromatic heterocycles. The molecule has 0 heterocycles. The predicted molar refractivity (Wildman–Crippen MR) is 59.7 cm³/mol. The first-order valence-corrected chi connectivity index (χ1v) is 5.03. The number of ether oxygens (including phenoxy) is 1. The Labute approximate surface area is 101 Å². The van der Waals surface area contributed by atoms with E-state index < -0.39 is 10.7 Å². The van der Waals surface area contributed by atoms with Gasteiger partial charge < -0.3 is 4.74 Å². The third kappa shape index (κ3) is 2.43. The van der Waals surface area contributed by atoms with Crippen molar-refractivity contribution in [3.63, 3.8) is 0 Å².